The number of hydrogen-bond acceptors (Lipinski definition) is 3. The number of nitrogens with zero attached hydrogens (tertiary/aromatic N) is 3. The zero-order chi connectivity index (χ0) is 36.7. The van der Waals surface area contributed by atoms with Crippen molar-refractivity contribution in [3.05, 3.63) is 187 Å². The smallest absolute Gasteiger partial charge is 0.164 e. The monoisotopic (exact) mass is 701 g/mol. The predicted molar refractivity (Wildman–Crippen MR) is 229 cm³/mol. The van der Waals surface area contributed by atoms with Crippen molar-refractivity contribution < 1.29 is 0 Å². The first-order chi connectivity index (χ1) is 27.0. The van der Waals surface area contributed by atoms with Gasteiger partial charge in [0.15, 0.2) is 17.5 Å². The van der Waals surface area contributed by atoms with Gasteiger partial charge in [-0.05, 0) is 88.6 Å². The van der Waals surface area contributed by atoms with Gasteiger partial charge in [0, 0.05) is 22.1 Å². The van der Waals surface area contributed by atoms with E-state index >= 15 is 0 Å². The van der Waals surface area contributed by atoms with Crippen molar-refractivity contribution in [3.8, 4) is 56.4 Å². The van der Waals surface area contributed by atoms with E-state index in [9.17, 15) is 0 Å². The second-order valence-electron chi connectivity index (χ2n) is 15.2. The van der Waals surface area contributed by atoms with Crippen LogP contribution in [0.15, 0.2) is 176 Å². The molecule has 11 rings (SSSR count). The molecule has 1 aliphatic rings. The van der Waals surface area contributed by atoms with Gasteiger partial charge in [-0.25, -0.2) is 15.0 Å². The molecular weight excluding hydrogens is 667 g/mol. The molecular formula is C52H35N3. The molecule has 10 aromatic rings. The maximum Gasteiger partial charge on any atom is 0.164 e. The van der Waals surface area contributed by atoms with E-state index in [2.05, 4.69) is 190 Å². The molecule has 1 heterocycles. The third-order valence-electron chi connectivity index (χ3n) is 11.7. The van der Waals surface area contributed by atoms with E-state index < -0.39 is 0 Å². The highest BCUT2D eigenvalue weighted by atomic mass is 15.0. The molecule has 0 fully saturated rings. The fourth-order valence-electron chi connectivity index (χ4n) is 8.93. The molecule has 0 unspecified atom stereocenters. The average Bonchev–Trinajstić information content (AvgIpc) is 3.49. The van der Waals surface area contributed by atoms with Crippen LogP contribution in [0.3, 0.4) is 0 Å². The Hall–Kier alpha value is -6.97. The summed E-state index contributed by atoms with van der Waals surface area (Å²) in [6, 6.07) is 63.2. The zero-order valence-corrected chi connectivity index (χ0v) is 30.6. The van der Waals surface area contributed by atoms with Crippen LogP contribution in [0.5, 0.6) is 0 Å². The second kappa shape index (κ2) is 12.0. The van der Waals surface area contributed by atoms with Gasteiger partial charge in [0.25, 0.3) is 0 Å². The van der Waals surface area contributed by atoms with Gasteiger partial charge in [0.2, 0.25) is 0 Å². The maximum atomic E-state index is 5.19. The van der Waals surface area contributed by atoms with E-state index in [0.717, 1.165) is 16.7 Å². The number of rotatable bonds is 4. The first-order valence-electron chi connectivity index (χ1n) is 18.9. The molecule has 258 valence electrons. The Morgan fingerprint density at radius 3 is 1.35 bits per heavy atom. The van der Waals surface area contributed by atoms with Crippen molar-refractivity contribution in [3.63, 3.8) is 0 Å². The summed E-state index contributed by atoms with van der Waals surface area (Å²) in [4.78, 5) is 15.6. The molecule has 1 aromatic heterocycles. The number of benzene rings is 9. The zero-order valence-electron chi connectivity index (χ0n) is 30.6. The van der Waals surface area contributed by atoms with Crippen molar-refractivity contribution in [2.45, 2.75) is 19.3 Å². The van der Waals surface area contributed by atoms with Crippen LogP contribution in [0, 0.1) is 0 Å². The molecule has 0 N–H and O–H groups in total. The summed E-state index contributed by atoms with van der Waals surface area (Å²) in [7, 11) is 0. The minimum absolute atomic E-state index is 0.102. The minimum atomic E-state index is -0.102. The van der Waals surface area contributed by atoms with Crippen molar-refractivity contribution in [2.75, 3.05) is 0 Å². The molecule has 3 heteroatoms. The van der Waals surface area contributed by atoms with E-state index in [0.29, 0.717) is 17.5 Å². The summed E-state index contributed by atoms with van der Waals surface area (Å²) >= 11 is 0. The lowest BCUT2D eigenvalue weighted by atomic mass is 9.79. The number of aromatic nitrogens is 3. The van der Waals surface area contributed by atoms with Crippen molar-refractivity contribution in [1.82, 2.24) is 15.0 Å². The van der Waals surface area contributed by atoms with E-state index in [1.807, 2.05) is 0 Å². The van der Waals surface area contributed by atoms with E-state index in [1.165, 1.54) is 76.5 Å². The van der Waals surface area contributed by atoms with Crippen molar-refractivity contribution in [2.24, 2.45) is 0 Å². The van der Waals surface area contributed by atoms with Crippen LogP contribution in [-0.4, -0.2) is 15.0 Å². The highest BCUT2D eigenvalue weighted by molar-refractivity contribution is 6.09. The van der Waals surface area contributed by atoms with Gasteiger partial charge in [0.1, 0.15) is 0 Å². The maximum absolute atomic E-state index is 5.19. The van der Waals surface area contributed by atoms with Gasteiger partial charge in [-0.1, -0.05) is 178 Å². The lowest BCUT2D eigenvalue weighted by molar-refractivity contribution is 0.662. The molecule has 0 spiro atoms. The van der Waals surface area contributed by atoms with Crippen molar-refractivity contribution >= 4 is 43.1 Å². The number of hydrogen-bond donors (Lipinski definition) is 0. The SMILES string of the molecule is CC1(C)c2ccccc2-c2cccc(-c3ccc(-c4nc(-c5ccc6ccc7ccccc7c6c5)nc(-c5ccc6ccc7ccccc7c6c5)n4)cc3)c21. The highest BCUT2D eigenvalue weighted by Crippen LogP contribution is 2.52. The summed E-state index contributed by atoms with van der Waals surface area (Å²) < 4.78 is 0. The van der Waals surface area contributed by atoms with E-state index in [4.69, 9.17) is 15.0 Å². The van der Waals surface area contributed by atoms with Crippen LogP contribution in [0.1, 0.15) is 25.0 Å². The molecule has 0 saturated carbocycles. The van der Waals surface area contributed by atoms with Crippen LogP contribution in [0.2, 0.25) is 0 Å². The summed E-state index contributed by atoms with van der Waals surface area (Å²) in [5, 5.41) is 9.59. The van der Waals surface area contributed by atoms with Gasteiger partial charge < -0.3 is 0 Å². The Kier molecular flexibility index (Phi) is 6.90. The topological polar surface area (TPSA) is 38.7 Å². The Bertz CT molecular complexity index is 3040. The van der Waals surface area contributed by atoms with Gasteiger partial charge >= 0.3 is 0 Å². The van der Waals surface area contributed by atoms with Crippen LogP contribution < -0.4 is 0 Å². The van der Waals surface area contributed by atoms with Crippen molar-refractivity contribution in [1.29, 1.82) is 0 Å². The van der Waals surface area contributed by atoms with E-state index in [1.54, 1.807) is 0 Å². The van der Waals surface area contributed by atoms with Crippen LogP contribution in [0.25, 0.3) is 99.5 Å². The molecule has 1 aliphatic carbocycles. The molecule has 3 nitrogen and oxygen atoms in total. The normalized spacial score (nSPS) is 13.1. The molecule has 9 aromatic carbocycles. The first-order valence-corrected chi connectivity index (χ1v) is 18.9. The van der Waals surface area contributed by atoms with Crippen LogP contribution >= 0.6 is 0 Å². The fourth-order valence-corrected chi connectivity index (χ4v) is 8.93. The lowest BCUT2D eigenvalue weighted by Gasteiger charge is -2.24. The molecule has 0 aliphatic heterocycles. The Morgan fingerprint density at radius 2 is 0.745 bits per heavy atom. The molecule has 0 radical (unpaired) electrons. The molecule has 0 amide bonds. The number of fused-ring (bicyclic) bond motifs is 9. The largest absolute Gasteiger partial charge is 0.208 e. The fraction of sp³-hybridized carbons (Fsp3) is 0.0577. The Morgan fingerprint density at radius 1 is 0.327 bits per heavy atom. The summed E-state index contributed by atoms with van der Waals surface area (Å²) in [6.45, 7) is 4.68. The standard InChI is InChI=1S/C52H35N3/c1-52(2)47-17-8-7-14-43(47)44-16-9-15-42(48(44)52)34-22-26-37(27-23-34)49-53-50(38-28-24-35-20-18-32-10-3-5-12-40(32)45(35)30-38)55-51(54-49)39-29-25-36-21-19-33-11-4-6-13-41(33)46(36)31-39/h3-31H,1-2H3. The molecule has 0 bridgehead atoms. The molecule has 0 saturated heterocycles. The third-order valence-corrected chi connectivity index (χ3v) is 11.7. The lowest BCUT2D eigenvalue weighted by Crippen LogP contribution is -2.16. The Labute approximate surface area is 319 Å². The van der Waals surface area contributed by atoms with Gasteiger partial charge in [-0.3, -0.25) is 0 Å². The third kappa shape index (κ3) is 5.01. The van der Waals surface area contributed by atoms with Crippen LogP contribution in [0.4, 0.5) is 0 Å². The average molecular weight is 702 g/mol. The van der Waals surface area contributed by atoms with Gasteiger partial charge in [-0.15, -0.1) is 0 Å². The van der Waals surface area contributed by atoms with Gasteiger partial charge in [0.05, 0.1) is 0 Å². The predicted octanol–water partition coefficient (Wildman–Crippen LogP) is 13.5. The highest BCUT2D eigenvalue weighted by Gasteiger charge is 2.37. The summed E-state index contributed by atoms with van der Waals surface area (Å²) in [5.41, 5.74) is 10.6. The Balaban J connectivity index is 1.07. The summed E-state index contributed by atoms with van der Waals surface area (Å²) in [5.74, 6) is 1.95. The molecule has 55 heavy (non-hydrogen) atoms. The quantitative estimate of drug-likeness (QED) is 0.171. The molecule has 0 atom stereocenters. The van der Waals surface area contributed by atoms with Crippen LogP contribution in [-0.2, 0) is 5.41 Å². The first kappa shape index (κ1) is 31.5. The second-order valence-corrected chi connectivity index (χ2v) is 15.2. The minimum Gasteiger partial charge on any atom is -0.208 e. The van der Waals surface area contributed by atoms with Gasteiger partial charge in [-0.2, -0.15) is 0 Å². The summed E-state index contributed by atoms with van der Waals surface area (Å²) in [6.07, 6.45) is 0. The van der Waals surface area contributed by atoms with E-state index in [-0.39, 0.29) is 5.41 Å².